The van der Waals surface area contributed by atoms with Gasteiger partial charge in [0.2, 0.25) is 0 Å². The predicted octanol–water partition coefficient (Wildman–Crippen LogP) is 1.20. The number of carbonyl (C=O) groups is 1. The molecular weight excluding hydrogens is 178 g/mol. The number of nitrogens with two attached hydrogens (primary N) is 1. The average molecular weight is 193 g/mol. The highest BCUT2D eigenvalue weighted by Gasteiger charge is 2.11. The quantitative estimate of drug-likeness (QED) is 0.755. The van der Waals surface area contributed by atoms with Crippen LogP contribution in [0.2, 0.25) is 0 Å². The van der Waals surface area contributed by atoms with E-state index in [0.717, 1.165) is 12.0 Å². The van der Waals surface area contributed by atoms with E-state index in [2.05, 4.69) is 6.92 Å². The maximum atomic E-state index is 10.5. The first kappa shape index (κ1) is 10.7. The molecule has 3 heteroatoms. The summed E-state index contributed by atoms with van der Waals surface area (Å²) in [7, 11) is 0. The largest absolute Gasteiger partial charge is 0.480 e. The van der Waals surface area contributed by atoms with Crippen LogP contribution in [0.4, 0.5) is 0 Å². The van der Waals surface area contributed by atoms with Crippen LogP contribution in [0.5, 0.6) is 0 Å². The Labute approximate surface area is 83.6 Å². The second-order valence-electron chi connectivity index (χ2n) is 3.32. The van der Waals surface area contributed by atoms with Gasteiger partial charge in [-0.05, 0) is 24.0 Å². The Hall–Kier alpha value is -1.35. The lowest BCUT2D eigenvalue weighted by atomic mass is 10.0. The van der Waals surface area contributed by atoms with Crippen molar-refractivity contribution in [3.8, 4) is 0 Å². The summed E-state index contributed by atoms with van der Waals surface area (Å²) in [5.74, 6) is -0.952. The minimum atomic E-state index is -0.952. The molecule has 3 nitrogen and oxygen atoms in total. The third kappa shape index (κ3) is 2.85. The molecule has 3 N–H and O–H groups in total. The Morgan fingerprint density at radius 2 is 2.14 bits per heavy atom. The number of carboxylic acid groups (broad SMARTS) is 1. The van der Waals surface area contributed by atoms with Gasteiger partial charge < -0.3 is 10.8 Å². The fourth-order valence-electron chi connectivity index (χ4n) is 1.32. The molecular formula is C11H15NO2. The number of aryl methyl sites for hydroxylation is 1. The number of aliphatic carboxylic acids is 1. The van der Waals surface area contributed by atoms with E-state index in [1.54, 1.807) is 0 Å². The maximum Gasteiger partial charge on any atom is 0.320 e. The lowest BCUT2D eigenvalue weighted by Gasteiger charge is -2.07. The van der Waals surface area contributed by atoms with Gasteiger partial charge in [-0.3, -0.25) is 4.79 Å². The summed E-state index contributed by atoms with van der Waals surface area (Å²) < 4.78 is 0. The van der Waals surface area contributed by atoms with Crippen LogP contribution in [0.1, 0.15) is 18.1 Å². The minimum absolute atomic E-state index is 0.392. The first-order valence-electron chi connectivity index (χ1n) is 4.69. The van der Waals surface area contributed by atoms with Gasteiger partial charge in [-0.15, -0.1) is 0 Å². The molecule has 1 aromatic carbocycles. The molecule has 0 aliphatic carbocycles. The SMILES string of the molecule is CCc1cccc(C[C@@H](N)C(=O)O)c1. The summed E-state index contributed by atoms with van der Waals surface area (Å²) in [6.07, 6.45) is 1.35. The van der Waals surface area contributed by atoms with Gasteiger partial charge in [0.05, 0.1) is 0 Å². The van der Waals surface area contributed by atoms with E-state index in [1.807, 2.05) is 24.3 Å². The van der Waals surface area contributed by atoms with Crippen LogP contribution in [0.3, 0.4) is 0 Å². The van der Waals surface area contributed by atoms with E-state index in [4.69, 9.17) is 10.8 Å². The van der Waals surface area contributed by atoms with Gasteiger partial charge >= 0.3 is 5.97 Å². The number of rotatable bonds is 4. The van der Waals surface area contributed by atoms with Crippen molar-refractivity contribution in [3.63, 3.8) is 0 Å². The van der Waals surface area contributed by atoms with Gasteiger partial charge in [0.1, 0.15) is 6.04 Å². The van der Waals surface area contributed by atoms with Crippen LogP contribution in [0, 0.1) is 0 Å². The van der Waals surface area contributed by atoms with Crippen molar-refractivity contribution < 1.29 is 9.90 Å². The summed E-state index contributed by atoms with van der Waals surface area (Å²) in [5.41, 5.74) is 7.63. The van der Waals surface area contributed by atoms with E-state index in [9.17, 15) is 4.79 Å². The lowest BCUT2D eigenvalue weighted by Crippen LogP contribution is -2.32. The highest BCUT2D eigenvalue weighted by Crippen LogP contribution is 2.07. The zero-order valence-electron chi connectivity index (χ0n) is 8.23. The lowest BCUT2D eigenvalue weighted by molar-refractivity contribution is -0.138. The molecule has 1 atom stereocenters. The van der Waals surface area contributed by atoms with E-state index in [0.29, 0.717) is 6.42 Å². The third-order valence-corrected chi connectivity index (χ3v) is 2.17. The summed E-state index contributed by atoms with van der Waals surface area (Å²) in [4.78, 5) is 10.5. The smallest absolute Gasteiger partial charge is 0.320 e. The van der Waals surface area contributed by atoms with Crippen LogP contribution in [0.25, 0.3) is 0 Å². The second kappa shape index (κ2) is 4.77. The molecule has 1 aromatic rings. The standard InChI is InChI=1S/C11H15NO2/c1-2-8-4-3-5-9(6-8)7-10(12)11(13)14/h3-6,10H,2,7,12H2,1H3,(H,13,14)/t10-/m1/s1. The van der Waals surface area contributed by atoms with Crippen molar-refractivity contribution in [2.75, 3.05) is 0 Å². The van der Waals surface area contributed by atoms with E-state index >= 15 is 0 Å². The highest BCUT2D eigenvalue weighted by atomic mass is 16.4. The first-order valence-corrected chi connectivity index (χ1v) is 4.69. The Bertz CT molecular complexity index is 323. The number of hydrogen-bond donors (Lipinski definition) is 2. The maximum absolute atomic E-state index is 10.5. The van der Waals surface area contributed by atoms with Crippen LogP contribution in [-0.4, -0.2) is 17.1 Å². The molecule has 0 aliphatic heterocycles. The van der Waals surface area contributed by atoms with Crippen LogP contribution in [0.15, 0.2) is 24.3 Å². The number of hydrogen-bond acceptors (Lipinski definition) is 2. The van der Waals surface area contributed by atoms with Gasteiger partial charge in [0.15, 0.2) is 0 Å². The molecule has 0 amide bonds. The molecule has 0 aliphatic rings. The van der Waals surface area contributed by atoms with Gasteiger partial charge in [-0.1, -0.05) is 31.2 Å². The van der Waals surface area contributed by atoms with E-state index in [1.165, 1.54) is 5.56 Å². The zero-order valence-corrected chi connectivity index (χ0v) is 8.23. The first-order chi connectivity index (χ1) is 6.63. The normalized spacial score (nSPS) is 12.4. The molecule has 0 radical (unpaired) electrons. The summed E-state index contributed by atoms with van der Waals surface area (Å²) >= 11 is 0. The zero-order chi connectivity index (χ0) is 10.6. The van der Waals surface area contributed by atoms with Gasteiger partial charge in [0.25, 0.3) is 0 Å². The predicted molar refractivity (Wildman–Crippen MR) is 55.1 cm³/mol. The molecule has 0 saturated carbocycles. The molecule has 0 fully saturated rings. The fraction of sp³-hybridized carbons (Fsp3) is 0.364. The van der Waals surface area contributed by atoms with Crippen LogP contribution >= 0.6 is 0 Å². The topological polar surface area (TPSA) is 63.3 Å². The number of carboxylic acids is 1. The van der Waals surface area contributed by atoms with E-state index in [-0.39, 0.29) is 0 Å². The second-order valence-corrected chi connectivity index (χ2v) is 3.32. The Balaban J connectivity index is 2.71. The molecule has 0 spiro atoms. The molecule has 0 heterocycles. The van der Waals surface area contributed by atoms with Crippen LogP contribution in [-0.2, 0) is 17.6 Å². The van der Waals surface area contributed by atoms with Gasteiger partial charge in [-0.2, -0.15) is 0 Å². The van der Waals surface area contributed by atoms with Gasteiger partial charge in [-0.25, -0.2) is 0 Å². The molecule has 0 saturated heterocycles. The molecule has 0 aromatic heterocycles. The Morgan fingerprint density at radius 1 is 1.50 bits per heavy atom. The van der Waals surface area contributed by atoms with Crippen molar-refractivity contribution in [2.24, 2.45) is 5.73 Å². The van der Waals surface area contributed by atoms with Crippen molar-refractivity contribution in [3.05, 3.63) is 35.4 Å². The van der Waals surface area contributed by atoms with Crippen LogP contribution < -0.4 is 5.73 Å². The van der Waals surface area contributed by atoms with Gasteiger partial charge in [0, 0.05) is 0 Å². The van der Waals surface area contributed by atoms with Crippen molar-refractivity contribution in [2.45, 2.75) is 25.8 Å². The Morgan fingerprint density at radius 3 is 2.71 bits per heavy atom. The molecule has 0 bridgehead atoms. The monoisotopic (exact) mass is 193 g/mol. The van der Waals surface area contributed by atoms with E-state index < -0.39 is 12.0 Å². The number of benzene rings is 1. The average Bonchev–Trinajstić information content (AvgIpc) is 2.18. The Kier molecular flexibility index (Phi) is 3.65. The summed E-state index contributed by atoms with van der Waals surface area (Å²) in [6, 6.07) is 7.06. The van der Waals surface area contributed by atoms with Crippen molar-refractivity contribution >= 4 is 5.97 Å². The fourth-order valence-corrected chi connectivity index (χ4v) is 1.32. The van der Waals surface area contributed by atoms with Crippen molar-refractivity contribution in [1.82, 2.24) is 0 Å². The highest BCUT2D eigenvalue weighted by molar-refractivity contribution is 5.73. The van der Waals surface area contributed by atoms with Crippen molar-refractivity contribution in [1.29, 1.82) is 0 Å². The molecule has 1 rings (SSSR count). The molecule has 14 heavy (non-hydrogen) atoms. The minimum Gasteiger partial charge on any atom is -0.480 e. The summed E-state index contributed by atoms with van der Waals surface area (Å²) in [5, 5.41) is 8.64. The summed E-state index contributed by atoms with van der Waals surface area (Å²) in [6.45, 7) is 2.07. The third-order valence-electron chi connectivity index (χ3n) is 2.17. The molecule has 0 unspecified atom stereocenters. The molecule has 76 valence electrons.